The van der Waals surface area contributed by atoms with E-state index in [1.54, 1.807) is 0 Å². The molecular weight excluding hydrogens is 316 g/mol. The van der Waals surface area contributed by atoms with Crippen LogP contribution in [0.3, 0.4) is 0 Å². The van der Waals surface area contributed by atoms with Gasteiger partial charge in [-0.25, -0.2) is 0 Å². The van der Waals surface area contributed by atoms with Crippen LogP contribution in [0.1, 0.15) is 32.8 Å². The van der Waals surface area contributed by atoms with Crippen LogP contribution in [0.5, 0.6) is 0 Å². The van der Waals surface area contributed by atoms with Gasteiger partial charge in [0.1, 0.15) is 6.10 Å². The van der Waals surface area contributed by atoms with Crippen molar-refractivity contribution in [3.05, 3.63) is 35.9 Å². The Morgan fingerprint density at radius 2 is 1.88 bits per heavy atom. The predicted molar refractivity (Wildman–Crippen MR) is 99.3 cm³/mol. The maximum Gasteiger partial charge on any atom is 0.248 e. The van der Waals surface area contributed by atoms with Gasteiger partial charge in [-0.1, -0.05) is 44.2 Å². The minimum Gasteiger partial charge on any atom is -0.379 e. The molecule has 140 valence electrons. The van der Waals surface area contributed by atoms with Crippen molar-refractivity contribution in [2.24, 2.45) is 5.92 Å². The highest BCUT2D eigenvalue weighted by atomic mass is 16.5. The van der Waals surface area contributed by atoms with Gasteiger partial charge in [-0.15, -0.1) is 0 Å². The normalized spacial score (nSPS) is 18.1. The summed E-state index contributed by atoms with van der Waals surface area (Å²) in [6, 6.07) is 10.3. The van der Waals surface area contributed by atoms with Crippen LogP contribution in [0.15, 0.2) is 30.3 Å². The number of rotatable bonds is 9. The Morgan fingerprint density at radius 3 is 2.52 bits per heavy atom. The number of hydrogen-bond acceptors (Lipinski definition) is 4. The molecule has 2 atom stereocenters. The summed E-state index contributed by atoms with van der Waals surface area (Å²) in [5, 5.41) is 3.08. The summed E-state index contributed by atoms with van der Waals surface area (Å²) in [4.78, 5) is 14.8. The fourth-order valence-corrected chi connectivity index (χ4v) is 3.08. The summed E-state index contributed by atoms with van der Waals surface area (Å²) < 4.78 is 11.1. The topological polar surface area (TPSA) is 50.8 Å². The molecule has 0 radical (unpaired) electrons. The second-order valence-electron chi connectivity index (χ2n) is 7.12. The number of hydrogen-bond donors (Lipinski definition) is 1. The van der Waals surface area contributed by atoms with Crippen LogP contribution >= 0.6 is 0 Å². The van der Waals surface area contributed by atoms with E-state index in [-0.39, 0.29) is 5.91 Å². The lowest BCUT2D eigenvalue weighted by atomic mass is 10.0. The number of nitrogens with one attached hydrogen (secondary N) is 1. The summed E-state index contributed by atoms with van der Waals surface area (Å²) in [5.74, 6) is 0.550. The van der Waals surface area contributed by atoms with Crippen molar-refractivity contribution < 1.29 is 14.3 Å². The molecular formula is C20H32N2O3. The minimum absolute atomic E-state index is 0.0436. The molecule has 0 saturated carbocycles. The molecule has 1 aromatic rings. The highest BCUT2D eigenvalue weighted by Gasteiger charge is 2.23. The van der Waals surface area contributed by atoms with Crippen LogP contribution in [0.4, 0.5) is 0 Å². The van der Waals surface area contributed by atoms with Crippen LogP contribution in [-0.2, 0) is 20.9 Å². The molecule has 1 fully saturated rings. The lowest BCUT2D eigenvalue weighted by Gasteiger charge is -2.35. The zero-order valence-electron chi connectivity index (χ0n) is 15.7. The number of carbonyl (C=O) groups is 1. The number of nitrogens with zero attached hydrogens (tertiary/aromatic N) is 1. The van der Waals surface area contributed by atoms with Crippen molar-refractivity contribution in [2.45, 2.75) is 45.9 Å². The van der Waals surface area contributed by atoms with Crippen LogP contribution in [-0.4, -0.2) is 55.8 Å². The molecule has 1 aliphatic heterocycles. The van der Waals surface area contributed by atoms with E-state index in [1.807, 2.05) is 37.3 Å². The van der Waals surface area contributed by atoms with E-state index < -0.39 is 6.10 Å². The molecule has 1 amide bonds. The first-order valence-corrected chi connectivity index (χ1v) is 9.31. The number of carbonyl (C=O) groups excluding carboxylic acids is 1. The molecule has 0 unspecified atom stereocenters. The number of morpholine rings is 1. The summed E-state index contributed by atoms with van der Waals surface area (Å²) in [5.41, 5.74) is 1.08. The first-order valence-electron chi connectivity index (χ1n) is 9.31. The molecule has 1 N–H and O–H groups in total. The maximum atomic E-state index is 12.4. The lowest BCUT2D eigenvalue weighted by Crippen LogP contribution is -2.50. The molecule has 5 nitrogen and oxygen atoms in total. The highest BCUT2D eigenvalue weighted by Crippen LogP contribution is 2.13. The Hall–Kier alpha value is -1.43. The molecule has 2 rings (SSSR count). The zero-order valence-corrected chi connectivity index (χ0v) is 15.7. The van der Waals surface area contributed by atoms with Gasteiger partial charge < -0.3 is 14.8 Å². The summed E-state index contributed by atoms with van der Waals surface area (Å²) in [6.07, 6.45) is 0.615. The molecule has 1 aromatic carbocycles. The Morgan fingerprint density at radius 1 is 1.20 bits per heavy atom. The van der Waals surface area contributed by atoms with Crippen molar-refractivity contribution in [3.63, 3.8) is 0 Å². The minimum atomic E-state index is -0.454. The van der Waals surface area contributed by atoms with E-state index in [2.05, 4.69) is 24.1 Å². The third-order valence-corrected chi connectivity index (χ3v) is 4.53. The van der Waals surface area contributed by atoms with Crippen LogP contribution in [0.2, 0.25) is 0 Å². The number of ether oxygens (including phenoxy) is 2. The van der Waals surface area contributed by atoms with Crippen LogP contribution < -0.4 is 5.32 Å². The van der Waals surface area contributed by atoms with Crippen LogP contribution in [0, 0.1) is 5.92 Å². The van der Waals surface area contributed by atoms with Crippen molar-refractivity contribution in [3.8, 4) is 0 Å². The molecule has 0 aliphatic carbocycles. The Bertz CT molecular complexity index is 501. The van der Waals surface area contributed by atoms with E-state index >= 15 is 0 Å². The summed E-state index contributed by atoms with van der Waals surface area (Å²) >= 11 is 0. The van der Waals surface area contributed by atoms with Gasteiger partial charge in [0, 0.05) is 25.7 Å². The average molecular weight is 348 g/mol. The quantitative estimate of drug-likeness (QED) is 0.745. The fraction of sp³-hybridized carbons (Fsp3) is 0.650. The first kappa shape index (κ1) is 19.9. The van der Waals surface area contributed by atoms with E-state index in [9.17, 15) is 4.79 Å². The zero-order chi connectivity index (χ0) is 18.1. The van der Waals surface area contributed by atoms with Gasteiger partial charge in [0.25, 0.3) is 0 Å². The largest absolute Gasteiger partial charge is 0.379 e. The first-order chi connectivity index (χ1) is 12.1. The van der Waals surface area contributed by atoms with Crippen molar-refractivity contribution >= 4 is 5.91 Å². The summed E-state index contributed by atoms with van der Waals surface area (Å²) in [7, 11) is 0. The smallest absolute Gasteiger partial charge is 0.248 e. The van der Waals surface area contributed by atoms with E-state index in [0.29, 0.717) is 25.1 Å². The van der Waals surface area contributed by atoms with Crippen LogP contribution in [0.25, 0.3) is 0 Å². The predicted octanol–water partition coefficient (Wildman–Crippen LogP) is 2.45. The Balaban J connectivity index is 1.78. The third kappa shape index (κ3) is 7.14. The van der Waals surface area contributed by atoms with E-state index in [4.69, 9.17) is 9.47 Å². The fourth-order valence-electron chi connectivity index (χ4n) is 3.08. The highest BCUT2D eigenvalue weighted by molar-refractivity contribution is 5.80. The van der Waals surface area contributed by atoms with Crippen molar-refractivity contribution in [1.82, 2.24) is 10.2 Å². The maximum absolute atomic E-state index is 12.4. The summed E-state index contributed by atoms with van der Waals surface area (Å²) in [6.45, 7) is 10.8. The van der Waals surface area contributed by atoms with Crippen molar-refractivity contribution in [1.29, 1.82) is 0 Å². The van der Waals surface area contributed by atoms with Gasteiger partial charge in [-0.05, 0) is 24.8 Å². The molecule has 5 heteroatoms. The van der Waals surface area contributed by atoms with Gasteiger partial charge in [0.15, 0.2) is 0 Å². The molecule has 1 saturated heterocycles. The Kier molecular flexibility index (Phi) is 8.38. The monoisotopic (exact) mass is 348 g/mol. The number of amides is 1. The second-order valence-corrected chi connectivity index (χ2v) is 7.12. The molecule has 0 spiro atoms. The molecule has 0 aromatic heterocycles. The molecule has 1 aliphatic rings. The third-order valence-electron chi connectivity index (χ3n) is 4.53. The average Bonchev–Trinajstić information content (AvgIpc) is 2.64. The van der Waals surface area contributed by atoms with Gasteiger partial charge in [-0.2, -0.15) is 0 Å². The number of benzene rings is 1. The Labute approximate surface area is 151 Å². The molecule has 0 bridgehead atoms. The lowest BCUT2D eigenvalue weighted by molar-refractivity contribution is -0.132. The van der Waals surface area contributed by atoms with Gasteiger partial charge in [-0.3, -0.25) is 9.69 Å². The van der Waals surface area contributed by atoms with Gasteiger partial charge >= 0.3 is 0 Å². The molecule has 25 heavy (non-hydrogen) atoms. The van der Waals surface area contributed by atoms with E-state index in [1.165, 1.54) is 0 Å². The van der Waals surface area contributed by atoms with Gasteiger partial charge in [0.05, 0.1) is 19.8 Å². The van der Waals surface area contributed by atoms with Gasteiger partial charge in [0.2, 0.25) is 5.91 Å². The van der Waals surface area contributed by atoms with Crippen molar-refractivity contribution in [2.75, 3.05) is 32.8 Å². The second kappa shape index (κ2) is 10.5. The SMILES string of the molecule is CC(C)C[C@@H](CNC(=O)[C@H](C)OCc1ccccc1)N1CCOCC1. The standard InChI is InChI=1S/C20H32N2O3/c1-16(2)13-19(22-9-11-24-12-10-22)14-21-20(23)17(3)25-15-18-7-5-4-6-8-18/h4-8,16-17,19H,9-15H2,1-3H3,(H,21,23)/t17-,19-/m0/s1. The molecule has 1 heterocycles. The van der Waals surface area contributed by atoms with E-state index in [0.717, 1.165) is 38.3 Å².